The summed E-state index contributed by atoms with van der Waals surface area (Å²) in [7, 11) is 2.96. The molecule has 1 heterocycles. The molecule has 0 saturated heterocycles. The van der Waals surface area contributed by atoms with Gasteiger partial charge in [0.25, 0.3) is 11.8 Å². The zero-order valence-corrected chi connectivity index (χ0v) is 8.87. The standard InChI is InChI=1S/C8H13N5O2/c1-4-13-6(8(15)10-3)5(11-12-13)7(14)9-2/h4H2,1-3H3,(H,9,14)(H,10,15). The lowest BCUT2D eigenvalue weighted by Crippen LogP contribution is -2.27. The molecule has 1 aromatic heterocycles. The number of rotatable bonds is 3. The zero-order valence-electron chi connectivity index (χ0n) is 8.87. The predicted octanol–water partition coefficient (Wildman–Crippen LogP) is -0.983. The van der Waals surface area contributed by atoms with Crippen molar-refractivity contribution < 1.29 is 9.59 Å². The quantitative estimate of drug-likeness (QED) is 0.672. The molecular weight excluding hydrogens is 198 g/mol. The SMILES string of the molecule is CCn1nnc(C(=O)NC)c1C(=O)NC. The molecule has 0 saturated carbocycles. The fraction of sp³-hybridized carbons (Fsp3) is 0.500. The van der Waals surface area contributed by atoms with Crippen molar-refractivity contribution in [1.82, 2.24) is 25.6 Å². The van der Waals surface area contributed by atoms with E-state index in [0.29, 0.717) is 6.54 Å². The topological polar surface area (TPSA) is 88.9 Å². The van der Waals surface area contributed by atoms with Crippen molar-refractivity contribution in [3.8, 4) is 0 Å². The Morgan fingerprint density at radius 1 is 1.27 bits per heavy atom. The largest absolute Gasteiger partial charge is 0.354 e. The zero-order chi connectivity index (χ0) is 11.4. The maximum absolute atomic E-state index is 11.5. The Morgan fingerprint density at radius 3 is 2.33 bits per heavy atom. The van der Waals surface area contributed by atoms with E-state index < -0.39 is 5.91 Å². The molecule has 0 atom stereocenters. The molecule has 0 aliphatic heterocycles. The maximum atomic E-state index is 11.5. The van der Waals surface area contributed by atoms with Crippen LogP contribution in [0.1, 0.15) is 27.9 Å². The van der Waals surface area contributed by atoms with Crippen molar-refractivity contribution in [1.29, 1.82) is 0 Å². The summed E-state index contributed by atoms with van der Waals surface area (Å²) in [5, 5.41) is 12.2. The second-order valence-electron chi connectivity index (χ2n) is 2.76. The molecule has 82 valence electrons. The molecule has 0 radical (unpaired) electrons. The smallest absolute Gasteiger partial charge is 0.274 e. The van der Waals surface area contributed by atoms with Crippen molar-refractivity contribution in [3.05, 3.63) is 11.4 Å². The number of aryl methyl sites for hydroxylation is 1. The summed E-state index contributed by atoms with van der Waals surface area (Å²) >= 11 is 0. The van der Waals surface area contributed by atoms with Crippen LogP contribution in [0.15, 0.2) is 0 Å². The van der Waals surface area contributed by atoms with Crippen LogP contribution in [0.4, 0.5) is 0 Å². The van der Waals surface area contributed by atoms with Gasteiger partial charge in [-0.15, -0.1) is 5.10 Å². The fourth-order valence-corrected chi connectivity index (χ4v) is 1.15. The molecule has 0 aliphatic rings. The molecule has 7 nitrogen and oxygen atoms in total. The van der Waals surface area contributed by atoms with Gasteiger partial charge in [0.15, 0.2) is 11.4 Å². The maximum Gasteiger partial charge on any atom is 0.274 e. The third-order valence-corrected chi connectivity index (χ3v) is 1.92. The van der Waals surface area contributed by atoms with Gasteiger partial charge < -0.3 is 10.6 Å². The minimum absolute atomic E-state index is 0.0405. The highest BCUT2D eigenvalue weighted by Crippen LogP contribution is 2.05. The number of nitrogens with zero attached hydrogens (tertiary/aromatic N) is 3. The second kappa shape index (κ2) is 4.54. The van der Waals surface area contributed by atoms with Gasteiger partial charge in [-0.1, -0.05) is 5.21 Å². The van der Waals surface area contributed by atoms with E-state index in [1.54, 1.807) is 0 Å². The molecule has 0 unspecified atom stereocenters. The van der Waals surface area contributed by atoms with E-state index in [1.807, 2.05) is 6.92 Å². The summed E-state index contributed by atoms with van der Waals surface area (Å²) in [6.45, 7) is 2.29. The molecule has 0 aliphatic carbocycles. The number of hydrogen-bond donors (Lipinski definition) is 2. The molecular formula is C8H13N5O2. The van der Waals surface area contributed by atoms with E-state index in [9.17, 15) is 9.59 Å². The number of carbonyl (C=O) groups is 2. The molecule has 0 spiro atoms. The third kappa shape index (κ3) is 1.95. The van der Waals surface area contributed by atoms with Gasteiger partial charge in [-0.3, -0.25) is 9.59 Å². The molecule has 1 aromatic rings. The first-order valence-corrected chi connectivity index (χ1v) is 4.53. The highest BCUT2D eigenvalue weighted by atomic mass is 16.2. The van der Waals surface area contributed by atoms with Gasteiger partial charge in [-0.2, -0.15) is 0 Å². The van der Waals surface area contributed by atoms with Gasteiger partial charge >= 0.3 is 0 Å². The Hall–Kier alpha value is -1.92. The van der Waals surface area contributed by atoms with Crippen LogP contribution >= 0.6 is 0 Å². The van der Waals surface area contributed by atoms with Crippen LogP contribution in [0, 0.1) is 0 Å². The van der Waals surface area contributed by atoms with E-state index in [2.05, 4.69) is 20.9 Å². The normalized spacial score (nSPS) is 9.80. The number of nitrogens with one attached hydrogen (secondary N) is 2. The van der Waals surface area contributed by atoms with Crippen LogP contribution in [0.25, 0.3) is 0 Å². The lowest BCUT2D eigenvalue weighted by atomic mass is 10.3. The van der Waals surface area contributed by atoms with Crippen LogP contribution in [-0.2, 0) is 6.54 Å². The van der Waals surface area contributed by atoms with E-state index in [-0.39, 0.29) is 17.3 Å². The summed E-state index contributed by atoms with van der Waals surface area (Å²) in [6.07, 6.45) is 0. The van der Waals surface area contributed by atoms with Crippen molar-refractivity contribution in [3.63, 3.8) is 0 Å². The van der Waals surface area contributed by atoms with Crippen molar-refractivity contribution >= 4 is 11.8 Å². The van der Waals surface area contributed by atoms with E-state index >= 15 is 0 Å². The highest BCUT2D eigenvalue weighted by Gasteiger charge is 2.23. The first-order valence-electron chi connectivity index (χ1n) is 4.53. The van der Waals surface area contributed by atoms with Crippen molar-refractivity contribution in [2.24, 2.45) is 0 Å². The minimum atomic E-state index is -0.423. The van der Waals surface area contributed by atoms with E-state index in [4.69, 9.17) is 0 Å². The van der Waals surface area contributed by atoms with Crippen LogP contribution in [0.2, 0.25) is 0 Å². The van der Waals surface area contributed by atoms with Gasteiger partial charge in [0.1, 0.15) is 0 Å². The molecule has 2 N–H and O–H groups in total. The van der Waals surface area contributed by atoms with Crippen LogP contribution < -0.4 is 10.6 Å². The molecule has 0 bridgehead atoms. The average Bonchev–Trinajstić information content (AvgIpc) is 2.70. The molecule has 2 amide bonds. The predicted molar refractivity (Wildman–Crippen MR) is 52.5 cm³/mol. The Bertz CT molecular complexity index is 384. The molecule has 7 heteroatoms. The van der Waals surface area contributed by atoms with Gasteiger partial charge in [-0.05, 0) is 6.92 Å². The number of aromatic nitrogens is 3. The molecule has 0 aromatic carbocycles. The van der Waals surface area contributed by atoms with Gasteiger partial charge in [0.2, 0.25) is 0 Å². The first-order chi connectivity index (χ1) is 7.15. The molecule has 15 heavy (non-hydrogen) atoms. The van der Waals surface area contributed by atoms with Crippen molar-refractivity contribution in [2.45, 2.75) is 13.5 Å². The number of amides is 2. The van der Waals surface area contributed by atoms with E-state index in [0.717, 1.165) is 0 Å². The Kier molecular flexibility index (Phi) is 3.37. The van der Waals surface area contributed by atoms with Crippen molar-refractivity contribution in [2.75, 3.05) is 14.1 Å². The lowest BCUT2D eigenvalue weighted by molar-refractivity contribution is 0.0920. The lowest BCUT2D eigenvalue weighted by Gasteiger charge is -2.03. The third-order valence-electron chi connectivity index (χ3n) is 1.92. The first kappa shape index (κ1) is 11.2. The van der Waals surface area contributed by atoms with Gasteiger partial charge in [-0.25, -0.2) is 4.68 Å². The summed E-state index contributed by atoms with van der Waals surface area (Å²) in [6, 6.07) is 0. The number of carbonyl (C=O) groups excluding carboxylic acids is 2. The summed E-state index contributed by atoms with van der Waals surface area (Å²) in [5.41, 5.74) is 0.220. The molecule has 1 rings (SSSR count). The Balaban J connectivity index is 3.23. The van der Waals surface area contributed by atoms with Crippen LogP contribution in [0.3, 0.4) is 0 Å². The Labute approximate surface area is 86.8 Å². The fourth-order valence-electron chi connectivity index (χ4n) is 1.15. The second-order valence-corrected chi connectivity index (χ2v) is 2.76. The van der Waals surface area contributed by atoms with Crippen LogP contribution in [-0.4, -0.2) is 40.9 Å². The van der Waals surface area contributed by atoms with Gasteiger partial charge in [0.05, 0.1) is 0 Å². The monoisotopic (exact) mass is 211 g/mol. The van der Waals surface area contributed by atoms with Crippen LogP contribution in [0.5, 0.6) is 0 Å². The highest BCUT2D eigenvalue weighted by molar-refractivity contribution is 6.04. The molecule has 0 fully saturated rings. The number of hydrogen-bond acceptors (Lipinski definition) is 4. The summed E-state index contributed by atoms with van der Waals surface area (Å²) in [5.74, 6) is -0.797. The minimum Gasteiger partial charge on any atom is -0.354 e. The average molecular weight is 211 g/mol. The van der Waals surface area contributed by atoms with E-state index in [1.165, 1.54) is 18.8 Å². The summed E-state index contributed by atoms with van der Waals surface area (Å²) < 4.78 is 1.38. The van der Waals surface area contributed by atoms with Gasteiger partial charge in [0, 0.05) is 20.6 Å². The Morgan fingerprint density at radius 2 is 1.87 bits per heavy atom. The summed E-state index contributed by atoms with van der Waals surface area (Å²) in [4.78, 5) is 22.9.